The second-order valence-electron chi connectivity index (χ2n) is 7.52. The minimum absolute atomic E-state index is 0.0660. The second kappa shape index (κ2) is 11.2. The Morgan fingerprint density at radius 3 is 2.49 bits per heavy atom. The summed E-state index contributed by atoms with van der Waals surface area (Å²) >= 11 is 0. The Bertz CT molecular complexity index is 1290. The molecule has 0 aliphatic heterocycles. The largest absolute Gasteiger partial charge is 0.497 e. The molecule has 4 rings (SSSR count). The summed E-state index contributed by atoms with van der Waals surface area (Å²) < 4.78 is 23.5. The molecule has 4 aromatic rings. The first-order valence-electron chi connectivity index (χ1n) is 11.2. The van der Waals surface area contributed by atoms with Crippen molar-refractivity contribution in [1.29, 1.82) is 0 Å². The Labute approximate surface area is 202 Å². The molecule has 0 fully saturated rings. The maximum absolute atomic E-state index is 12.0. The minimum Gasteiger partial charge on any atom is -0.497 e. The number of carbonyl (C=O) groups is 1. The van der Waals surface area contributed by atoms with E-state index >= 15 is 0 Å². The quantitative estimate of drug-likeness (QED) is 0.329. The van der Waals surface area contributed by atoms with Gasteiger partial charge in [-0.1, -0.05) is 19.1 Å². The molecule has 0 saturated carbocycles. The molecule has 1 N–H and O–H groups in total. The van der Waals surface area contributed by atoms with Crippen molar-refractivity contribution in [2.45, 2.75) is 13.3 Å². The predicted molar refractivity (Wildman–Crippen MR) is 129 cm³/mol. The Kier molecular flexibility index (Phi) is 7.61. The molecule has 0 aliphatic rings. The van der Waals surface area contributed by atoms with E-state index in [2.05, 4.69) is 27.5 Å². The standard InChI is InChI=1S/C25H27N5O5/c1-4-17-5-7-18(8-6-17)35-16-23(31)26-13-14-34-24-12-11-22-27-28-25(30(22)29-24)20-10-9-19(32-2)15-21(20)33-3/h5-12,15H,4,13-14,16H2,1-3H3,(H,26,31). The van der Waals surface area contributed by atoms with E-state index in [1.165, 1.54) is 5.56 Å². The molecule has 35 heavy (non-hydrogen) atoms. The zero-order valence-electron chi connectivity index (χ0n) is 19.9. The highest BCUT2D eigenvalue weighted by molar-refractivity contribution is 5.77. The molecule has 0 aliphatic carbocycles. The molecule has 0 saturated heterocycles. The van der Waals surface area contributed by atoms with Crippen LogP contribution in [0.4, 0.5) is 0 Å². The van der Waals surface area contributed by atoms with Crippen molar-refractivity contribution in [3.8, 4) is 34.5 Å². The number of methoxy groups -OCH3 is 2. The normalized spacial score (nSPS) is 10.7. The molecule has 0 bridgehead atoms. The van der Waals surface area contributed by atoms with Crippen molar-refractivity contribution in [2.75, 3.05) is 34.0 Å². The second-order valence-corrected chi connectivity index (χ2v) is 7.52. The zero-order valence-corrected chi connectivity index (χ0v) is 19.9. The fourth-order valence-electron chi connectivity index (χ4n) is 3.37. The number of fused-ring (bicyclic) bond motifs is 1. The number of benzene rings is 2. The highest BCUT2D eigenvalue weighted by atomic mass is 16.5. The number of aromatic nitrogens is 4. The summed E-state index contributed by atoms with van der Waals surface area (Å²) in [5.74, 6) is 2.54. The molecule has 2 aromatic heterocycles. The van der Waals surface area contributed by atoms with Crippen molar-refractivity contribution in [3.63, 3.8) is 0 Å². The van der Waals surface area contributed by atoms with E-state index in [0.29, 0.717) is 46.7 Å². The zero-order chi connectivity index (χ0) is 24.6. The van der Waals surface area contributed by atoms with Crippen molar-refractivity contribution in [2.24, 2.45) is 0 Å². The number of amides is 1. The maximum atomic E-state index is 12.0. The number of carbonyl (C=O) groups excluding carboxylic acids is 1. The summed E-state index contributed by atoms with van der Waals surface area (Å²) in [7, 11) is 3.16. The topological polar surface area (TPSA) is 109 Å². The Morgan fingerprint density at radius 1 is 0.943 bits per heavy atom. The molecular formula is C25H27N5O5. The molecular weight excluding hydrogens is 450 g/mol. The summed E-state index contributed by atoms with van der Waals surface area (Å²) in [5.41, 5.74) is 2.48. The first-order valence-corrected chi connectivity index (χ1v) is 11.2. The lowest BCUT2D eigenvalue weighted by Crippen LogP contribution is -2.32. The smallest absolute Gasteiger partial charge is 0.258 e. The maximum Gasteiger partial charge on any atom is 0.258 e. The van der Waals surface area contributed by atoms with Crippen molar-refractivity contribution in [1.82, 2.24) is 25.1 Å². The van der Waals surface area contributed by atoms with Gasteiger partial charge in [0.05, 0.1) is 26.3 Å². The average molecular weight is 478 g/mol. The number of nitrogens with one attached hydrogen (secondary N) is 1. The third kappa shape index (κ3) is 5.78. The van der Waals surface area contributed by atoms with Gasteiger partial charge in [0.25, 0.3) is 5.91 Å². The van der Waals surface area contributed by atoms with Crippen LogP contribution in [0.3, 0.4) is 0 Å². The fourth-order valence-corrected chi connectivity index (χ4v) is 3.37. The summed E-state index contributed by atoms with van der Waals surface area (Å²) in [6, 6.07) is 16.5. The highest BCUT2D eigenvalue weighted by Crippen LogP contribution is 2.32. The van der Waals surface area contributed by atoms with Gasteiger partial charge in [-0.25, -0.2) is 0 Å². The molecule has 0 atom stereocenters. The van der Waals surface area contributed by atoms with Crippen LogP contribution in [-0.4, -0.2) is 59.7 Å². The third-order valence-electron chi connectivity index (χ3n) is 5.26. The Hall–Kier alpha value is -4.34. The van der Waals surface area contributed by atoms with Crippen molar-refractivity contribution in [3.05, 3.63) is 60.2 Å². The van der Waals surface area contributed by atoms with Crippen molar-refractivity contribution >= 4 is 11.6 Å². The van der Waals surface area contributed by atoms with Gasteiger partial charge in [-0.3, -0.25) is 4.79 Å². The van der Waals surface area contributed by atoms with Gasteiger partial charge in [0.1, 0.15) is 23.9 Å². The number of rotatable bonds is 11. The van der Waals surface area contributed by atoms with Gasteiger partial charge >= 0.3 is 0 Å². The fraction of sp³-hybridized carbons (Fsp3) is 0.280. The molecule has 2 heterocycles. The van der Waals surface area contributed by atoms with Crippen LogP contribution in [0.25, 0.3) is 17.0 Å². The summed E-state index contributed by atoms with van der Waals surface area (Å²) in [4.78, 5) is 12.0. The van der Waals surface area contributed by atoms with Crippen LogP contribution in [0, 0.1) is 0 Å². The number of hydrogen-bond acceptors (Lipinski definition) is 8. The van der Waals surface area contributed by atoms with Gasteiger partial charge in [-0.15, -0.1) is 15.3 Å². The van der Waals surface area contributed by atoms with Crippen LogP contribution < -0.4 is 24.3 Å². The van der Waals surface area contributed by atoms with Crippen LogP contribution in [0.15, 0.2) is 54.6 Å². The Morgan fingerprint density at radius 2 is 1.74 bits per heavy atom. The summed E-state index contributed by atoms with van der Waals surface area (Å²) in [6.45, 7) is 2.56. The van der Waals surface area contributed by atoms with Gasteiger partial charge in [0.2, 0.25) is 5.88 Å². The lowest BCUT2D eigenvalue weighted by atomic mass is 10.2. The first kappa shape index (κ1) is 23.8. The van der Waals surface area contributed by atoms with E-state index in [4.69, 9.17) is 18.9 Å². The molecule has 1 amide bonds. The predicted octanol–water partition coefficient (Wildman–Crippen LogP) is 2.94. The Balaban J connectivity index is 1.32. The SMILES string of the molecule is CCc1ccc(OCC(=O)NCCOc2ccc3nnc(-c4ccc(OC)cc4OC)n3n2)cc1. The van der Waals surface area contributed by atoms with Gasteiger partial charge < -0.3 is 24.3 Å². The monoisotopic (exact) mass is 477 g/mol. The average Bonchev–Trinajstić information content (AvgIpc) is 3.32. The molecule has 182 valence electrons. The van der Waals surface area contributed by atoms with E-state index in [0.717, 1.165) is 6.42 Å². The van der Waals surface area contributed by atoms with Crippen LogP contribution >= 0.6 is 0 Å². The first-order chi connectivity index (χ1) is 17.1. The van der Waals surface area contributed by atoms with Gasteiger partial charge in [0, 0.05) is 12.1 Å². The highest BCUT2D eigenvalue weighted by Gasteiger charge is 2.16. The molecule has 0 unspecified atom stereocenters. The lowest BCUT2D eigenvalue weighted by molar-refractivity contribution is -0.123. The number of ether oxygens (including phenoxy) is 4. The van der Waals surface area contributed by atoms with Crippen LogP contribution in [0.1, 0.15) is 12.5 Å². The molecule has 2 aromatic carbocycles. The van der Waals surface area contributed by atoms with Gasteiger partial charge in [0.15, 0.2) is 18.1 Å². The number of nitrogens with zero attached hydrogens (tertiary/aromatic N) is 4. The lowest BCUT2D eigenvalue weighted by Gasteiger charge is -2.10. The molecule has 10 nitrogen and oxygen atoms in total. The van der Waals surface area contributed by atoms with Crippen LogP contribution in [0.5, 0.6) is 23.1 Å². The minimum atomic E-state index is -0.232. The van der Waals surface area contributed by atoms with Crippen molar-refractivity contribution < 1.29 is 23.7 Å². The molecule has 10 heteroatoms. The van der Waals surface area contributed by atoms with E-state index in [1.807, 2.05) is 36.4 Å². The van der Waals surface area contributed by atoms with E-state index in [9.17, 15) is 4.79 Å². The summed E-state index contributed by atoms with van der Waals surface area (Å²) in [6.07, 6.45) is 0.955. The summed E-state index contributed by atoms with van der Waals surface area (Å²) in [5, 5.41) is 15.7. The van der Waals surface area contributed by atoms with E-state index in [-0.39, 0.29) is 19.1 Å². The number of hydrogen-bond donors (Lipinski definition) is 1. The van der Waals surface area contributed by atoms with Gasteiger partial charge in [-0.2, -0.15) is 4.52 Å². The molecule has 0 spiro atoms. The van der Waals surface area contributed by atoms with Gasteiger partial charge in [-0.05, 0) is 42.3 Å². The third-order valence-corrected chi connectivity index (χ3v) is 5.26. The van der Waals surface area contributed by atoms with Crippen LogP contribution in [0.2, 0.25) is 0 Å². The molecule has 0 radical (unpaired) electrons. The van der Waals surface area contributed by atoms with E-state index in [1.54, 1.807) is 36.9 Å². The van der Waals surface area contributed by atoms with Crippen LogP contribution in [-0.2, 0) is 11.2 Å². The number of aryl methyl sites for hydroxylation is 1. The van der Waals surface area contributed by atoms with E-state index < -0.39 is 0 Å².